The Bertz CT molecular complexity index is 822. The maximum absolute atomic E-state index is 6.50. The van der Waals surface area contributed by atoms with Gasteiger partial charge in [0, 0.05) is 18.8 Å². The van der Waals surface area contributed by atoms with Crippen molar-refractivity contribution in [2.75, 3.05) is 29.0 Å². The molecule has 0 spiro atoms. The van der Waals surface area contributed by atoms with E-state index in [2.05, 4.69) is 51.4 Å². The lowest BCUT2D eigenvalue weighted by Crippen LogP contribution is -2.26. The van der Waals surface area contributed by atoms with Crippen molar-refractivity contribution in [2.45, 2.75) is 110 Å². The summed E-state index contributed by atoms with van der Waals surface area (Å²) in [5.74, 6) is 1.59. The third kappa shape index (κ3) is 8.48. The van der Waals surface area contributed by atoms with Gasteiger partial charge in [-0.25, -0.2) is 9.97 Å². The SMILES string of the molecule is CCCCCCCCCCCCCCCCNc1ncnc(N2CCCc3ccccc32)c1N. The molecule has 1 aromatic carbocycles. The predicted molar refractivity (Wildman–Crippen MR) is 147 cm³/mol. The van der Waals surface area contributed by atoms with E-state index in [1.165, 1.54) is 94.7 Å². The van der Waals surface area contributed by atoms with Crippen molar-refractivity contribution in [2.24, 2.45) is 0 Å². The first-order valence-electron chi connectivity index (χ1n) is 14.0. The van der Waals surface area contributed by atoms with Gasteiger partial charge < -0.3 is 16.0 Å². The maximum Gasteiger partial charge on any atom is 0.161 e. The van der Waals surface area contributed by atoms with Gasteiger partial charge in [-0.3, -0.25) is 0 Å². The Kier molecular flexibility index (Phi) is 12.0. The molecule has 5 nitrogen and oxygen atoms in total. The van der Waals surface area contributed by atoms with Gasteiger partial charge in [0.05, 0.1) is 0 Å². The molecule has 0 bridgehead atoms. The minimum Gasteiger partial charge on any atom is -0.393 e. The summed E-state index contributed by atoms with van der Waals surface area (Å²) in [5, 5.41) is 3.46. The molecule has 0 amide bonds. The Labute approximate surface area is 208 Å². The number of aryl methyl sites for hydroxylation is 1. The molecule has 1 aromatic heterocycles. The molecule has 5 heteroatoms. The van der Waals surface area contributed by atoms with Gasteiger partial charge in [-0.15, -0.1) is 0 Å². The summed E-state index contributed by atoms with van der Waals surface area (Å²) >= 11 is 0. The molecule has 3 N–H and O–H groups in total. The Morgan fingerprint density at radius 1 is 0.824 bits per heavy atom. The number of nitrogens with two attached hydrogens (primary N) is 1. The van der Waals surface area contributed by atoms with Crippen LogP contribution < -0.4 is 16.0 Å². The predicted octanol–water partition coefficient (Wildman–Crippen LogP) is 8.04. The van der Waals surface area contributed by atoms with E-state index in [1.807, 2.05) is 0 Å². The van der Waals surface area contributed by atoms with Gasteiger partial charge in [0.25, 0.3) is 0 Å². The zero-order chi connectivity index (χ0) is 23.8. The van der Waals surface area contributed by atoms with Gasteiger partial charge in [0.2, 0.25) is 0 Å². The standard InChI is InChI=1S/C29H47N5/c1-2-3-4-5-6-7-8-9-10-11-12-13-14-17-22-31-28-27(30)29(33-24-32-28)34-23-18-20-25-19-15-16-21-26(25)34/h15-16,19,21,24H,2-14,17-18,20,22-23,30H2,1H3,(H,31,32,33). The molecule has 2 aromatic rings. The van der Waals surface area contributed by atoms with Crippen molar-refractivity contribution in [3.05, 3.63) is 36.2 Å². The summed E-state index contributed by atoms with van der Waals surface area (Å²) in [6.07, 6.45) is 23.1. The van der Waals surface area contributed by atoms with Crippen LogP contribution in [0.1, 0.15) is 109 Å². The molecular formula is C29H47N5. The molecule has 0 aliphatic carbocycles. The van der Waals surface area contributed by atoms with Crippen LogP contribution in [0.25, 0.3) is 0 Å². The van der Waals surface area contributed by atoms with Crippen molar-refractivity contribution in [1.82, 2.24) is 9.97 Å². The number of aromatic nitrogens is 2. The van der Waals surface area contributed by atoms with Crippen LogP contribution in [0.4, 0.5) is 23.0 Å². The molecule has 0 radical (unpaired) electrons. The third-order valence-corrected chi connectivity index (χ3v) is 7.05. The lowest BCUT2D eigenvalue weighted by Gasteiger charge is -2.31. The number of nitrogens with one attached hydrogen (secondary N) is 1. The second-order valence-electron chi connectivity index (χ2n) is 9.87. The number of para-hydroxylation sites is 1. The van der Waals surface area contributed by atoms with Crippen molar-refractivity contribution in [3.63, 3.8) is 0 Å². The summed E-state index contributed by atoms with van der Waals surface area (Å²) in [4.78, 5) is 11.2. The zero-order valence-corrected chi connectivity index (χ0v) is 21.5. The molecule has 1 aliphatic rings. The number of unbranched alkanes of at least 4 members (excludes halogenated alkanes) is 13. The topological polar surface area (TPSA) is 67.1 Å². The normalized spacial score (nSPS) is 13.1. The number of hydrogen-bond acceptors (Lipinski definition) is 5. The van der Waals surface area contributed by atoms with Gasteiger partial charge in [-0.2, -0.15) is 0 Å². The third-order valence-electron chi connectivity index (χ3n) is 7.05. The van der Waals surface area contributed by atoms with Crippen molar-refractivity contribution in [1.29, 1.82) is 0 Å². The zero-order valence-electron chi connectivity index (χ0n) is 21.5. The number of anilines is 4. The van der Waals surface area contributed by atoms with Crippen LogP contribution in [0.5, 0.6) is 0 Å². The highest BCUT2D eigenvalue weighted by Crippen LogP contribution is 2.36. The van der Waals surface area contributed by atoms with E-state index in [9.17, 15) is 0 Å². The lowest BCUT2D eigenvalue weighted by molar-refractivity contribution is 0.537. The maximum atomic E-state index is 6.50. The van der Waals surface area contributed by atoms with Crippen LogP contribution >= 0.6 is 0 Å². The van der Waals surface area contributed by atoms with Crippen molar-refractivity contribution >= 4 is 23.0 Å². The van der Waals surface area contributed by atoms with Crippen LogP contribution in [-0.4, -0.2) is 23.1 Å². The number of nitrogen functional groups attached to an aromatic ring is 1. The highest BCUT2D eigenvalue weighted by Gasteiger charge is 2.22. The number of fused-ring (bicyclic) bond motifs is 1. The van der Waals surface area contributed by atoms with Crippen LogP contribution in [-0.2, 0) is 6.42 Å². The molecule has 188 valence electrons. The smallest absolute Gasteiger partial charge is 0.161 e. The summed E-state index contributed by atoms with van der Waals surface area (Å²) in [7, 11) is 0. The molecule has 34 heavy (non-hydrogen) atoms. The van der Waals surface area contributed by atoms with E-state index in [4.69, 9.17) is 5.73 Å². The van der Waals surface area contributed by atoms with Gasteiger partial charge in [-0.05, 0) is 30.9 Å². The number of rotatable bonds is 17. The first kappa shape index (κ1) is 26.3. The van der Waals surface area contributed by atoms with E-state index < -0.39 is 0 Å². The first-order valence-corrected chi connectivity index (χ1v) is 14.0. The Morgan fingerprint density at radius 2 is 1.44 bits per heavy atom. The molecule has 0 fully saturated rings. The Morgan fingerprint density at radius 3 is 2.12 bits per heavy atom. The fourth-order valence-electron chi connectivity index (χ4n) is 5.02. The fourth-order valence-corrected chi connectivity index (χ4v) is 5.02. The Hall–Kier alpha value is -2.30. The number of hydrogen-bond donors (Lipinski definition) is 2. The van der Waals surface area contributed by atoms with E-state index in [1.54, 1.807) is 6.33 Å². The van der Waals surface area contributed by atoms with Crippen LogP contribution in [0, 0.1) is 0 Å². The fraction of sp³-hybridized carbons (Fsp3) is 0.655. The van der Waals surface area contributed by atoms with Crippen LogP contribution in [0.2, 0.25) is 0 Å². The minimum absolute atomic E-state index is 0.657. The molecule has 0 saturated heterocycles. The molecule has 3 rings (SSSR count). The average molecular weight is 466 g/mol. The monoisotopic (exact) mass is 465 g/mol. The van der Waals surface area contributed by atoms with Gasteiger partial charge >= 0.3 is 0 Å². The molecule has 0 atom stereocenters. The number of nitrogens with zero attached hydrogens (tertiary/aromatic N) is 3. The van der Waals surface area contributed by atoms with Gasteiger partial charge in [0.1, 0.15) is 12.0 Å². The Balaban J connectivity index is 1.27. The minimum atomic E-state index is 0.657. The van der Waals surface area contributed by atoms with E-state index in [-0.39, 0.29) is 0 Å². The van der Waals surface area contributed by atoms with E-state index >= 15 is 0 Å². The first-order chi connectivity index (χ1) is 16.8. The summed E-state index contributed by atoms with van der Waals surface area (Å²) < 4.78 is 0. The summed E-state index contributed by atoms with van der Waals surface area (Å²) in [5.41, 5.74) is 9.74. The molecular weight excluding hydrogens is 418 g/mol. The highest BCUT2D eigenvalue weighted by atomic mass is 15.2. The largest absolute Gasteiger partial charge is 0.393 e. The molecule has 0 unspecified atom stereocenters. The number of benzene rings is 1. The quantitative estimate of drug-likeness (QED) is 0.231. The van der Waals surface area contributed by atoms with E-state index in [0.29, 0.717) is 5.69 Å². The molecule has 0 saturated carbocycles. The lowest BCUT2D eigenvalue weighted by atomic mass is 10.0. The summed E-state index contributed by atoms with van der Waals surface area (Å²) in [6, 6.07) is 8.56. The van der Waals surface area contributed by atoms with Crippen molar-refractivity contribution in [3.8, 4) is 0 Å². The average Bonchev–Trinajstić information content (AvgIpc) is 2.87. The summed E-state index contributed by atoms with van der Waals surface area (Å²) in [6.45, 7) is 4.14. The van der Waals surface area contributed by atoms with Gasteiger partial charge in [0.15, 0.2) is 11.6 Å². The van der Waals surface area contributed by atoms with Crippen LogP contribution in [0.3, 0.4) is 0 Å². The molecule has 1 aliphatic heterocycles. The second-order valence-corrected chi connectivity index (χ2v) is 9.87. The van der Waals surface area contributed by atoms with Gasteiger partial charge in [-0.1, -0.05) is 109 Å². The highest BCUT2D eigenvalue weighted by molar-refractivity contribution is 5.80. The van der Waals surface area contributed by atoms with Crippen LogP contribution in [0.15, 0.2) is 30.6 Å². The van der Waals surface area contributed by atoms with Crippen molar-refractivity contribution < 1.29 is 0 Å². The molecule has 2 heterocycles. The van der Waals surface area contributed by atoms with E-state index in [0.717, 1.165) is 44.0 Å². The second kappa shape index (κ2) is 15.6.